The van der Waals surface area contributed by atoms with E-state index in [2.05, 4.69) is 20.4 Å². The Kier molecular flexibility index (Phi) is 4.24. The molecule has 0 radical (unpaired) electrons. The molecule has 2 aromatic rings. The normalized spacial score (nSPS) is 26.4. The second-order valence-corrected chi connectivity index (χ2v) is 7.45. The number of piperidine rings is 1. The van der Waals surface area contributed by atoms with Crippen LogP contribution in [0.15, 0.2) is 22.8 Å². The molecule has 0 aromatic carbocycles. The molecule has 4 rings (SSSR count). The fourth-order valence-corrected chi connectivity index (χ4v) is 4.11. The predicted octanol–water partition coefficient (Wildman–Crippen LogP) is 1.74. The van der Waals surface area contributed by atoms with E-state index < -0.39 is 0 Å². The molecular formula is C16H20N4O3S. The number of carbonyl (C=O) groups is 1. The second kappa shape index (κ2) is 6.52. The van der Waals surface area contributed by atoms with Crippen molar-refractivity contribution in [2.75, 3.05) is 18.0 Å². The van der Waals surface area contributed by atoms with Crippen molar-refractivity contribution in [3.05, 3.63) is 29.2 Å². The molecule has 0 unspecified atom stereocenters. The summed E-state index contributed by atoms with van der Waals surface area (Å²) in [6.45, 7) is 4.08. The molecule has 24 heavy (non-hydrogen) atoms. The summed E-state index contributed by atoms with van der Waals surface area (Å²) in [4.78, 5) is 14.5. The van der Waals surface area contributed by atoms with Crippen LogP contribution in [0.2, 0.25) is 0 Å². The lowest BCUT2D eigenvalue weighted by Crippen LogP contribution is -2.42. The van der Waals surface area contributed by atoms with Crippen LogP contribution in [-0.2, 0) is 16.1 Å². The largest absolute Gasteiger partial charge is 0.467 e. The monoisotopic (exact) mass is 348 g/mol. The van der Waals surface area contributed by atoms with E-state index >= 15 is 0 Å². The third kappa shape index (κ3) is 3.16. The number of hydrogen-bond acceptors (Lipinski definition) is 7. The molecule has 1 amide bonds. The zero-order chi connectivity index (χ0) is 16.5. The molecule has 2 aliphatic heterocycles. The van der Waals surface area contributed by atoms with Crippen LogP contribution >= 0.6 is 11.3 Å². The van der Waals surface area contributed by atoms with Gasteiger partial charge in [0.05, 0.1) is 18.9 Å². The van der Waals surface area contributed by atoms with E-state index in [0.29, 0.717) is 12.5 Å². The molecule has 0 saturated carbocycles. The first-order valence-electron chi connectivity index (χ1n) is 8.19. The first-order chi connectivity index (χ1) is 11.7. The van der Waals surface area contributed by atoms with Gasteiger partial charge >= 0.3 is 0 Å². The van der Waals surface area contributed by atoms with E-state index in [-0.39, 0.29) is 18.1 Å². The fraction of sp³-hybridized carbons (Fsp3) is 0.562. The number of ether oxygens (including phenoxy) is 1. The number of nitrogens with one attached hydrogen (secondary N) is 1. The van der Waals surface area contributed by atoms with Gasteiger partial charge < -0.3 is 19.4 Å². The number of aromatic nitrogens is 2. The Morgan fingerprint density at radius 3 is 3.17 bits per heavy atom. The maximum absolute atomic E-state index is 12.3. The number of hydrogen-bond donors (Lipinski definition) is 1. The lowest BCUT2D eigenvalue weighted by atomic mass is 9.92. The van der Waals surface area contributed by atoms with Crippen LogP contribution in [0.4, 0.5) is 5.13 Å². The van der Waals surface area contributed by atoms with Gasteiger partial charge in [-0.15, -0.1) is 10.2 Å². The van der Waals surface area contributed by atoms with Gasteiger partial charge in [0.1, 0.15) is 16.9 Å². The van der Waals surface area contributed by atoms with Crippen molar-refractivity contribution in [1.29, 1.82) is 0 Å². The molecule has 0 aliphatic carbocycles. The number of aryl methyl sites for hydroxylation is 1. The minimum atomic E-state index is -0.369. The average Bonchev–Trinajstić information content (AvgIpc) is 3.31. The number of fused-ring (bicyclic) bond motifs is 1. The molecule has 1 N–H and O–H groups in total. The van der Waals surface area contributed by atoms with Crippen molar-refractivity contribution in [1.82, 2.24) is 15.5 Å². The van der Waals surface area contributed by atoms with Crippen molar-refractivity contribution in [2.45, 2.75) is 38.5 Å². The summed E-state index contributed by atoms with van der Waals surface area (Å²) in [5.74, 6) is 1.13. The van der Waals surface area contributed by atoms with Gasteiger partial charge in [-0.1, -0.05) is 11.3 Å². The summed E-state index contributed by atoms with van der Waals surface area (Å²) >= 11 is 1.60. The molecule has 2 fully saturated rings. The Labute approximate surface area is 144 Å². The van der Waals surface area contributed by atoms with E-state index in [0.717, 1.165) is 41.8 Å². The van der Waals surface area contributed by atoms with Gasteiger partial charge in [0.15, 0.2) is 0 Å². The molecule has 3 atom stereocenters. The summed E-state index contributed by atoms with van der Waals surface area (Å²) in [6.07, 6.45) is 3.13. The van der Waals surface area contributed by atoms with Crippen LogP contribution in [0.5, 0.6) is 0 Å². The molecule has 4 heterocycles. The van der Waals surface area contributed by atoms with Gasteiger partial charge in [0, 0.05) is 13.1 Å². The molecule has 0 spiro atoms. The van der Waals surface area contributed by atoms with Gasteiger partial charge in [-0.25, -0.2) is 0 Å². The number of anilines is 1. The summed E-state index contributed by atoms with van der Waals surface area (Å²) in [5, 5.41) is 13.1. The van der Waals surface area contributed by atoms with Gasteiger partial charge in [0.2, 0.25) is 11.0 Å². The minimum absolute atomic E-state index is 0.0564. The lowest BCUT2D eigenvalue weighted by Gasteiger charge is -2.33. The maximum atomic E-state index is 12.3. The molecule has 128 valence electrons. The zero-order valence-electron chi connectivity index (χ0n) is 13.5. The Morgan fingerprint density at radius 2 is 2.42 bits per heavy atom. The molecule has 7 nitrogen and oxygen atoms in total. The Bertz CT molecular complexity index is 702. The standard InChI is InChI=1S/C16H20N4O3S/c1-10-18-19-16(24-10)20-5-4-11-7-13(23-14(11)9-20)15(21)17-8-12-3-2-6-22-12/h2-3,6,11,13-14H,4-5,7-9H2,1H3,(H,17,21)/t11-,13+,14+/m0/s1. The Balaban J connectivity index is 1.33. The van der Waals surface area contributed by atoms with Gasteiger partial charge in [-0.2, -0.15) is 0 Å². The van der Waals surface area contributed by atoms with Crippen LogP contribution in [0.1, 0.15) is 23.6 Å². The van der Waals surface area contributed by atoms with Crippen molar-refractivity contribution < 1.29 is 13.9 Å². The molecule has 2 aliphatic rings. The van der Waals surface area contributed by atoms with Crippen LogP contribution in [0.25, 0.3) is 0 Å². The summed E-state index contributed by atoms with van der Waals surface area (Å²) in [5.41, 5.74) is 0. The molecule has 0 bridgehead atoms. The van der Waals surface area contributed by atoms with E-state index in [9.17, 15) is 4.79 Å². The van der Waals surface area contributed by atoms with Crippen LogP contribution in [0.3, 0.4) is 0 Å². The van der Waals surface area contributed by atoms with E-state index in [4.69, 9.17) is 9.15 Å². The molecule has 8 heteroatoms. The third-order valence-electron chi connectivity index (χ3n) is 4.65. The third-order valence-corrected chi connectivity index (χ3v) is 5.55. The van der Waals surface area contributed by atoms with Crippen LogP contribution < -0.4 is 10.2 Å². The van der Waals surface area contributed by atoms with Crippen LogP contribution in [0, 0.1) is 12.8 Å². The number of furan rings is 1. The number of amides is 1. The topological polar surface area (TPSA) is 80.5 Å². The van der Waals surface area contributed by atoms with Crippen molar-refractivity contribution in [3.8, 4) is 0 Å². The Morgan fingerprint density at radius 1 is 1.50 bits per heavy atom. The lowest BCUT2D eigenvalue weighted by molar-refractivity contribution is -0.132. The van der Waals surface area contributed by atoms with Gasteiger partial charge in [0.25, 0.3) is 0 Å². The minimum Gasteiger partial charge on any atom is -0.467 e. The number of carbonyl (C=O) groups excluding carboxylic acids is 1. The highest BCUT2D eigenvalue weighted by Gasteiger charge is 2.42. The maximum Gasteiger partial charge on any atom is 0.249 e. The molecule has 2 aromatic heterocycles. The first kappa shape index (κ1) is 15.6. The predicted molar refractivity (Wildman–Crippen MR) is 88.8 cm³/mol. The average molecular weight is 348 g/mol. The highest BCUT2D eigenvalue weighted by atomic mass is 32.1. The van der Waals surface area contributed by atoms with E-state index in [1.807, 2.05) is 19.1 Å². The van der Waals surface area contributed by atoms with Gasteiger partial charge in [-0.3, -0.25) is 4.79 Å². The van der Waals surface area contributed by atoms with Crippen molar-refractivity contribution in [3.63, 3.8) is 0 Å². The van der Waals surface area contributed by atoms with E-state index in [1.165, 1.54) is 0 Å². The smallest absolute Gasteiger partial charge is 0.249 e. The fourth-order valence-electron chi connectivity index (χ4n) is 3.39. The van der Waals surface area contributed by atoms with Gasteiger partial charge in [-0.05, 0) is 37.8 Å². The quantitative estimate of drug-likeness (QED) is 0.906. The van der Waals surface area contributed by atoms with E-state index in [1.54, 1.807) is 17.6 Å². The highest BCUT2D eigenvalue weighted by molar-refractivity contribution is 7.15. The Hall–Kier alpha value is -1.93. The summed E-state index contributed by atoms with van der Waals surface area (Å²) in [6, 6.07) is 3.66. The van der Waals surface area contributed by atoms with Crippen molar-refractivity contribution in [2.24, 2.45) is 5.92 Å². The number of rotatable bonds is 4. The van der Waals surface area contributed by atoms with Crippen LogP contribution in [-0.4, -0.2) is 41.4 Å². The first-order valence-corrected chi connectivity index (χ1v) is 9.01. The highest BCUT2D eigenvalue weighted by Crippen LogP contribution is 2.35. The SMILES string of the molecule is Cc1nnc(N2CC[C@H]3C[C@H](C(=O)NCc4ccco4)O[C@@H]3C2)s1. The second-order valence-electron chi connectivity index (χ2n) is 6.29. The molecular weight excluding hydrogens is 328 g/mol. The summed E-state index contributed by atoms with van der Waals surface area (Å²) in [7, 11) is 0. The van der Waals surface area contributed by atoms with Crippen molar-refractivity contribution >= 4 is 22.4 Å². The number of nitrogens with zero attached hydrogens (tertiary/aromatic N) is 3. The molecule has 2 saturated heterocycles. The zero-order valence-corrected chi connectivity index (χ0v) is 14.3. The summed E-state index contributed by atoms with van der Waals surface area (Å²) < 4.78 is 11.3.